The fraction of sp³-hybridized carbons (Fsp3) is 1.00. The van der Waals surface area contributed by atoms with Crippen LogP contribution in [-0.4, -0.2) is 71.6 Å². The topological polar surface area (TPSA) is 9.72 Å². The molecule has 0 aliphatic carbocycles. The summed E-state index contributed by atoms with van der Waals surface area (Å²) in [7, 11) is 0. The number of rotatable bonds is 4. The summed E-state index contributed by atoms with van der Waals surface area (Å²) < 4.78 is 0. The van der Waals surface area contributed by atoms with Crippen molar-refractivity contribution in [2.45, 2.75) is 84.8 Å². The first-order valence-corrected chi connectivity index (χ1v) is 10.3. The summed E-state index contributed by atoms with van der Waals surface area (Å²) in [5.74, 6) is 0.943. The Labute approximate surface area is 150 Å². The predicted octanol–water partition coefficient (Wildman–Crippen LogP) is 3.69. The minimum absolute atomic E-state index is 0.351. The molecule has 3 aliphatic heterocycles. The SMILES string of the molecule is CC(C)(C)CCN1CCC(CN2C[C@H]3C[C@@H]2CN3C(C)(C)C)CC1. The monoisotopic (exact) mass is 335 g/mol. The van der Waals surface area contributed by atoms with E-state index in [0.29, 0.717) is 11.0 Å². The van der Waals surface area contributed by atoms with Gasteiger partial charge in [-0.3, -0.25) is 9.80 Å². The lowest BCUT2D eigenvalue weighted by Crippen LogP contribution is -2.54. The molecular formula is C21H41N3. The summed E-state index contributed by atoms with van der Waals surface area (Å²) in [6.07, 6.45) is 5.58. The summed E-state index contributed by atoms with van der Waals surface area (Å²) in [6.45, 7) is 22.2. The molecule has 0 radical (unpaired) electrons. The summed E-state index contributed by atoms with van der Waals surface area (Å²) in [4.78, 5) is 8.30. The van der Waals surface area contributed by atoms with E-state index in [2.05, 4.69) is 56.2 Å². The lowest BCUT2D eigenvalue weighted by Gasteiger charge is -2.43. The third-order valence-electron chi connectivity index (χ3n) is 6.59. The maximum absolute atomic E-state index is 2.84. The second-order valence-electron chi connectivity index (χ2n) is 10.9. The van der Waals surface area contributed by atoms with Crippen LogP contribution in [-0.2, 0) is 0 Å². The van der Waals surface area contributed by atoms with Crippen molar-refractivity contribution in [2.75, 3.05) is 39.3 Å². The molecule has 0 aromatic carbocycles. The molecule has 0 N–H and O–H groups in total. The minimum Gasteiger partial charge on any atom is -0.303 e. The van der Waals surface area contributed by atoms with E-state index in [4.69, 9.17) is 0 Å². The molecule has 140 valence electrons. The van der Waals surface area contributed by atoms with Gasteiger partial charge in [-0.15, -0.1) is 0 Å². The molecule has 2 bridgehead atoms. The van der Waals surface area contributed by atoms with Crippen LogP contribution in [0, 0.1) is 11.3 Å². The molecule has 0 unspecified atom stereocenters. The zero-order chi connectivity index (χ0) is 17.5. The number of hydrogen-bond acceptors (Lipinski definition) is 3. The van der Waals surface area contributed by atoms with Gasteiger partial charge in [0.2, 0.25) is 0 Å². The van der Waals surface area contributed by atoms with Crippen molar-refractivity contribution in [3.8, 4) is 0 Å². The zero-order valence-electron chi connectivity index (χ0n) is 17.1. The third kappa shape index (κ3) is 4.53. The first-order valence-electron chi connectivity index (χ1n) is 10.3. The van der Waals surface area contributed by atoms with Gasteiger partial charge in [0.25, 0.3) is 0 Å². The maximum Gasteiger partial charge on any atom is 0.0244 e. The van der Waals surface area contributed by atoms with Crippen molar-refractivity contribution in [3.63, 3.8) is 0 Å². The number of piperazine rings is 1. The van der Waals surface area contributed by atoms with Crippen LogP contribution >= 0.6 is 0 Å². The number of nitrogens with zero attached hydrogens (tertiary/aromatic N) is 3. The molecule has 0 saturated carbocycles. The highest BCUT2D eigenvalue weighted by Gasteiger charge is 2.46. The van der Waals surface area contributed by atoms with E-state index in [1.165, 1.54) is 65.0 Å². The number of likely N-dealkylation sites (tertiary alicyclic amines) is 3. The fourth-order valence-corrected chi connectivity index (χ4v) is 5.01. The normalized spacial score (nSPS) is 31.2. The van der Waals surface area contributed by atoms with Crippen LogP contribution in [0.15, 0.2) is 0 Å². The van der Waals surface area contributed by atoms with E-state index in [-0.39, 0.29) is 0 Å². The van der Waals surface area contributed by atoms with Gasteiger partial charge in [0.1, 0.15) is 0 Å². The van der Waals surface area contributed by atoms with Gasteiger partial charge in [0.05, 0.1) is 0 Å². The van der Waals surface area contributed by atoms with Gasteiger partial charge < -0.3 is 4.90 Å². The maximum atomic E-state index is 2.84. The van der Waals surface area contributed by atoms with Gasteiger partial charge in [-0.2, -0.15) is 0 Å². The van der Waals surface area contributed by atoms with E-state index in [9.17, 15) is 0 Å². The Balaban J connectivity index is 1.39. The largest absolute Gasteiger partial charge is 0.303 e. The van der Waals surface area contributed by atoms with Crippen LogP contribution in [0.5, 0.6) is 0 Å². The summed E-state index contributed by atoms with van der Waals surface area (Å²) >= 11 is 0. The van der Waals surface area contributed by atoms with Crippen molar-refractivity contribution < 1.29 is 0 Å². The van der Waals surface area contributed by atoms with Gasteiger partial charge in [0.15, 0.2) is 0 Å². The molecule has 3 heteroatoms. The highest BCUT2D eigenvalue weighted by Crippen LogP contribution is 2.36. The van der Waals surface area contributed by atoms with Gasteiger partial charge in [-0.1, -0.05) is 20.8 Å². The van der Waals surface area contributed by atoms with Crippen LogP contribution in [0.1, 0.15) is 67.2 Å². The molecule has 0 aromatic heterocycles. The van der Waals surface area contributed by atoms with Crippen molar-refractivity contribution in [3.05, 3.63) is 0 Å². The standard InChI is InChI=1S/C21H41N3/c1-20(2,3)9-12-22-10-7-17(8-11-22)14-23-15-19-13-18(23)16-24(19)21(4,5)6/h17-19H,7-16H2,1-6H3/t18-,19-/m1/s1. The molecular weight excluding hydrogens is 294 g/mol. The molecule has 0 aromatic rings. The minimum atomic E-state index is 0.351. The van der Waals surface area contributed by atoms with Gasteiger partial charge in [-0.25, -0.2) is 0 Å². The number of piperidine rings is 1. The first-order chi connectivity index (χ1) is 11.1. The van der Waals surface area contributed by atoms with Gasteiger partial charge in [0, 0.05) is 37.3 Å². The van der Waals surface area contributed by atoms with E-state index in [1.54, 1.807) is 0 Å². The van der Waals surface area contributed by atoms with Crippen LogP contribution < -0.4 is 0 Å². The van der Waals surface area contributed by atoms with Crippen molar-refractivity contribution >= 4 is 0 Å². The van der Waals surface area contributed by atoms with Crippen molar-refractivity contribution in [1.29, 1.82) is 0 Å². The van der Waals surface area contributed by atoms with Gasteiger partial charge >= 0.3 is 0 Å². The Bertz CT molecular complexity index is 412. The number of hydrogen-bond donors (Lipinski definition) is 0. The Hall–Kier alpha value is -0.120. The van der Waals surface area contributed by atoms with E-state index in [0.717, 1.165) is 18.0 Å². The third-order valence-corrected chi connectivity index (χ3v) is 6.59. The molecule has 3 rings (SSSR count). The predicted molar refractivity (Wildman–Crippen MR) is 103 cm³/mol. The zero-order valence-corrected chi connectivity index (χ0v) is 17.1. The second kappa shape index (κ2) is 6.89. The van der Waals surface area contributed by atoms with Crippen LogP contribution in [0.2, 0.25) is 0 Å². The molecule has 3 heterocycles. The molecule has 3 aliphatic rings. The molecule has 2 atom stereocenters. The summed E-state index contributed by atoms with van der Waals surface area (Å²) in [5, 5.41) is 0. The molecule has 3 fully saturated rings. The highest BCUT2D eigenvalue weighted by atomic mass is 15.4. The molecule has 24 heavy (non-hydrogen) atoms. The second-order valence-corrected chi connectivity index (χ2v) is 10.9. The Morgan fingerprint density at radius 1 is 0.875 bits per heavy atom. The van der Waals surface area contributed by atoms with E-state index >= 15 is 0 Å². The molecule has 0 amide bonds. The average molecular weight is 336 g/mol. The average Bonchev–Trinajstić information content (AvgIpc) is 3.05. The Morgan fingerprint density at radius 2 is 1.54 bits per heavy atom. The van der Waals surface area contributed by atoms with Crippen molar-refractivity contribution in [2.24, 2.45) is 11.3 Å². The van der Waals surface area contributed by atoms with Crippen molar-refractivity contribution in [1.82, 2.24) is 14.7 Å². The molecule has 0 spiro atoms. The van der Waals surface area contributed by atoms with E-state index in [1.807, 2.05) is 0 Å². The van der Waals surface area contributed by atoms with Crippen LogP contribution in [0.3, 0.4) is 0 Å². The fourth-order valence-electron chi connectivity index (χ4n) is 5.01. The van der Waals surface area contributed by atoms with E-state index < -0.39 is 0 Å². The van der Waals surface area contributed by atoms with Gasteiger partial charge in [-0.05, 0) is 77.4 Å². The lowest BCUT2D eigenvalue weighted by molar-refractivity contribution is 0.0438. The van der Waals surface area contributed by atoms with Crippen LogP contribution in [0.25, 0.3) is 0 Å². The molecule has 3 nitrogen and oxygen atoms in total. The number of fused-ring (bicyclic) bond motifs is 2. The first kappa shape index (κ1) is 18.7. The quantitative estimate of drug-likeness (QED) is 0.776. The smallest absolute Gasteiger partial charge is 0.0244 e. The summed E-state index contributed by atoms with van der Waals surface area (Å²) in [5.41, 5.74) is 0.828. The highest BCUT2D eigenvalue weighted by molar-refractivity contribution is 5.03. The Morgan fingerprint density at radius 3 is 2.04 bits per heavy atom. The lowest BCUT2D eigenvalue weighted by atomic mass is 9.90. The molecule has 3 saturated heterocycles. The Kier molecular flexibility index (Phi) is 5.36. The van der Waals surface area contributed by atoms with Crippen LogP contribution in [0.4, 0.5) is 0 Å². The summed E-state index contributed by atoms with van der Waals surface area (Å²) in [6, 6.07) is 1.66.